The molecule has 1 aromatic carbocycles. The number of aliphatic hydroxyl groups is 1. The van der Waals surface area contributed by atoms with Gasteiger partial charge in [-0.3, -0.25) is 4.90 Å². The van der Waals surface area contributed by atoms with Gasteiger partial charge >= 0.3 is 0 Å². The van der Waals surface area contributed by atoms with Gasteiger partial charge in [-0.2, -0.15) is 0 Å². The number of rotatable bonds is 7. The fraction of sp³-hybridized carbons (Fsp3) is 0.647. The van der Waals surface area contributed by atoms with Crippen LogP contribution in [0, 0.1) is 5.82 Å². The first kappa shape index (κ1) is 16.4. The van der Waals surface area contributed by atoms with Crippen LogP contribution >= 0.6 is 0 Å². The average Bonchev–Trinajstić information content (AvgIpc) is 2.53. The second-order valence-electron chi connectivity index (χ2n) is 5.79. The van der Waals surface area contributed by atoms with Crippen molar-refractivity contribution >= 4 is 0 Å². The third-order valence-electron chi connectivity index (χ3n) is 4.31. The zero-order valence-corrected chi connectivity index (χ0v) is 12.9. The summed E-state index contributed by atoms with van der Waals surface area (Å²) in [5, 5.41) is 11.2. The summed E-state index contributed by atoms with van der Waals surface area (Å²) in [7, 11) is 1.67. The molecule has 2 rings (SSSR count). The van der Waals surface area contributed by atoms with E-state index in [9.17, 15) is 9.50 Å². The molecular formula is C17H26FNO2. The number of nitrogens with zero attached hydrogens (tertiary/aromatic N) is 1. The van der Waals surface area contributed by atoms with E-state index in [4.69, 9.17) is 4.74 Å². The molecule has 118 valence electrons. The molecule has 0 spiro atoms. The molecule has 1 aliphatic rings. The van der Waals surface area contributed by atoms with E-state index in [-0.39, 0.29) is 5.82 Å². The molecule has 1 atom stereocenters. The summed E-state index contributed by atoms with van der Waals surface area (Å²) < 4.78 is 19.3. The molecule has 1 N–H and O–H groups in total. The molecule has 1 aromatic rings. The first-order valence-electron chi connectivity index (χ1n) is 7.90. The van der Waals surface area contributed by atoms with Crippen molar-refractivity contribution in [2.75, 3.05) is 26.8 Å². The maximum Gasteiger partial charge on any atom is 0.147 e. The molecule has 0 aliphatic carbocycles. The molecule has 3 nitrogen and oxygen atoms in total. The molecule has 0 saturated carbocycles. The number of ether oxygens (including phenoxy) is 1. The van der Waals surface area contributed by atoms with Crippen LogP contribution in [0.25, 0.3) is 0 Å². The van der Waals surface area contributed by atoms with Gasteiger partial charge in [0.05, 0.1) is 0 Å². The summed E-state index contributed by atoms with van der Waals surface area (Å²) >= 11 is 0. The van der Waals surface area contributed by atoms with Crippen molar-refractivity contribution in [1.82, 2.24) is 4.90 Å². The lowest BCUT2D eigenvalue weighted by Gasteiger charge is -2.42. The Labute approximate surface area is 126 Å². The van der Waals surface area contributed by atoms with E-state index in [1.165, 1.54) is 12.5 Å². The minimum atomic E-state index is -1.19. The molecule has 1 fully saturated rings. The first-order chi connectivity index (χ1) is 10.2. The van der Waals surface area contributed by atoms with Crippen molar-refractivity contribution in [3.05, 3.63) is 35.6 Å². The Kier molecular flexibility index (Phi) is 6.15. The average molecular weight is 295 g/mol. The summed E-state index contributed by atoms with van der Waals surface area (Å²) in [6, 6.07) is 6.60. The van der Waals surface area contributed by atoms with Gasteiger partial charge in [0.1, 0.15) is 11.5 Å². The summed E-state index contributed by atoms with van der Waals surface area (Å²) in [5.41, 5.74) is -0.788. The summed E-state index contributed by atoms with van der Waals surface area (Å²) in [6.45, 7) is 2.33. The van der Waals surface area contributed by atoms with Crippen LogP contribution in [0.2, 0.25) is 0 Å². The van der Waals surface area contributed by atoms with Gasteiger partial charge in [-0.25, -0.2) is 4.39 Å². The zero-order chi connectivity index (χ0) is 15.1. The highest BCUT2D eigenvalue weighted by Gasteiger charge is 2.38. The Morgan fingerprint density at radius 1 is 1.19 bits per heavy atom. The standard InChI is InChI=1S/C17H26FNO2/c1-21-14-8-5-11-17(20,19-12-6-2-7-13-19)15-9-3-4-10-16(15)18/h3-4,9-10,20H,2,5-8,11-14H2,1H3/t17-/m0/s1. The van der Waals surface area contributed by atoms with E-state index >= 15 is 0 Å². The lowest BCUT2D eigenvalue weighted by atomic mass is 9.92. The second-order valence-corrected chi connectivity index (χ2v) is 5.79. The highest BCUT2D eigenvalue weighted by atomic mass is 19.1. The SMILES string of the molecule is COCCCC[C@](O)(c1ccccc1F)N1CCCCC1. The van der Waals surface area contributed by atoms with Gasteiger partial charge in [-0.05, 0) is 38.2 Å². The maximum atomic E-state index is 14.2. The minimum Gasteiger partial charge on any atom is -0.385 e. The molecule has 0 amide bonds. The van der Waals surface area contributed by atoms with Crippen LogP contribution in [0.3, 0.4) is 0 Å². The van der Waals surface area contributed by atoms with Gasteiger partial charge < -0.3 is 9.84 Å². The Morgan fingerprint density at radius 3 is 2.57 bits per heavy atom. The minimum absolute atomic E-state index is 0.322. The number of benzene rings is 1. The molecule has 0 radical (unpaired) electrons. The molecular weight excluding hydrogens is 269 g/mol. The van der Waals surface area contributed by atoms with Crippen molar-refractivity contribution in [1.29, 1.82) is 0 Å². The van der Waals surface area contributed by atoms with E-state index in [0.717, 1.165) is 38.8 Å². The summed E-state index contributed by atoms with van der Waals surface area (Å²) in [4.78, 5) is 2.04. The van der Waals surface area contributed by atoms with E-state index in [0.29, 0.717) is 18.6 Å². The zero-order valence-electron chi connectivity index (χ0n) is 12.9. The van der Waals surface area contributed by atoms with E-state index in [2.05, 4.69) is 0 Å². The molecule has 21 heavy (non-hydrogen) atoms. The lowest BCUT2D eigenvalue weighted by molar-refractivity contribution is -0.133. The van der Waals surface area contributed by atoms with E-state index in [1.54, 1.807) is 25.3 Å². The van der Waals surface area contributed by atoms with Crippen molar-refractivity contribution < 1.29 is 14.2 Å². The Balaban J connectivity index is 2.18. The summed E-state index contributed by atoms with van der Waals surface area (Å²) in [6.07, 6.45) is 5.55. The molecule has 1 saturated heterocycles. The van der Waals surface area contributed by atoms with Gasteiger partial charge in [0.25, 0.3) is 0 Å². The smallest absolute Gasteiger partial charge is 0.147 e. The van der Waals surface area contributed by atoms with Gasteiger partial charge in [0, 0.05) is 32.4 Å². The fourth-order valence-corrected chi connectivity index (χ4v) is 3.13. The highest BCUT2D eigenvalue weighted by Crippen LogP contribution is 2.35. The second kappa shape index (κ2) is 7.87. The van der Waals surface area contributed by atoms with Crippen molar-refractivity contribution in [3.8, 4) is 0 Å². The van der Waals surface area contributed by atoms with E-state index in [1.807, 2.05) is 4.90 Å². The maximum absolute atomic E-state index is 14.2. The number of hydrogen-bond acceptors (Lipinski definition) is 3. The van der Waals surface area contributed by atoms with Crippen LogP contribution in [-0.4, -0.2) is 36.8 Å². The van der Waals surface area contributed by atoms with Crippen LogP contribution in [0.15, 0.2) is 24.3 Å². The van der Waals surface area contributed by atoms with Crippen LogP contribution in [0.4, 0.5) is 4.39 Å². The summed E-state index contributed by atoms with van der Waals surface area (Å²) in [5.74, 6) is -0.322. The predicted molar refractivity (Wildman–Crippen MR) is 81.4 cm³/mol. The molecule has 1 aliphatic heterocycles. The third kappa shape index (κ3) is 4.02. The van der Waals surface area contributed by atoms with Gasteiger partial charge in [0.2, 0.25) is 0 Å². The first-order valence-corrected chi connectivity index (χ1v) is 7.90. The van der Waals surface area contributed by atoms with Gasteiger partial charge in [-0.15, -0.1) is 0 Å². The topological polar surface area (TPSA) is 32.7 Å². The lowest BCUT2D eigenvalue weighted by Crippen LogP contribution is -2.49. The van der Waals surface area contributed by atoms with Crippen LogP contribution in [-0.2, 0) is 10.5 Å². The Bertz CT molecular complexity index is 435. The molecule has 0 bridgehead atoms. The molecule has 1 heterocycles. The third-order valence-corrected chi connectivity index (χ3v) is 4.31. The van der Waals surface area contributed by atoms with Crippen LogP contribution in [0.1, 0.15) is 44.1 Å². The number of piperidine rings is 1. The van der Waals surface area contributed by atoms with Crippen LogP contribution < -0.4 is 0 Å². The van der Waals surface area contributed by atoms with Crippen LogP contribution in [0.5, 0.6) is 0 Å². The number of methoxy groups -OCH3 is 1. The largest absolute Gasteiger partial charge is 0.385 e. The molecule has 0 unspecified atom stereocenters. The van der Waals surface area contributed by atoms with Crippen molar-refractivity contribution in [2.45, 2.75) is 44.2 Å². The molecule has 0 aromatic heterocycles. The van der Waals surface area contributed by atoms with Crippen molar-refractivity contribution in [3.63, 3.8) is 0 Å². The quantitative estimate of drug-likeness (QED) is 0.784. The fourth-order valence-electron chi connectivity index (χ4n) is 3.13. The predicted octanol–water partition coefficient (Wildman–Crippen LogP) is 3.27. The van der Waals surface area contributed by atoms with Crippen molar-refractivity contribution in [2.24, 2.45) is 0 Å². The Hall–Kier alpha value is -0.970. The normalized spacial score (nSPS) is 19.4. The number of likely N-dealkylation sites (tertiary alicyclic amines) is 1. The number of halogens is 1. The van der Waals surface area contributed by atoms with Gasteiger partial charge in [0.15, 0.2) is 0 Å². The number of unbranched alkanes of at least 4 members (excludes halogenated alkanes) is 1. The Morgan fingerprint density at radius 2 is 1.90 bits per heavy atom. The van der Waals surface area contributed by atoms with Gasteiger partial charge in [-0.1, -0.05) is 24.6 Å². The highest BCUT2D eigenvalue weighted by molar-refractivity contribution is 5.24. The number of hydrogen-bond donors (Lipinski definition) is 1. The molecule has 4 heteroatoms. The monoisotopic (exact) mass is 295 g/mol. The van der Waals surface area contributed by atoms with E-state index < -0.39 is 5.72 Å².